The van der Waals surface area contributed by atoms with Gasteiger partial charge in [0.15, 0.2) is 6.10 Å². The molecule has 0 N–H and O–H groups in total. The van der Waals surface area contributed by atoms with Gasteiger partial charge < -0.3 is 14.2 Å². The minimum Gasteiger partial charge on any atom is -0.462 e. The second-order valence-corrected chi connectivity index (χ2v) is 22.2. The zero-order valence-electron chi connectivity index (χ0n) is 46.2. The molecule has 6 heteroatoms. The Morgan fingerprint density at radius 3 is 0.776 bits per heavy atom. The monoisotopic (exact) mass is 947 g/mol. The second kappa shape index (κ2) is 52.2. The fraction of sp³-hybridized carbons (Fsp3) is 0.951. The van der Waals surface area contributed by atoms with Gasteiger partial charge in [-0.1, -0.05) is 298 Å². The van der Waals surface area contributed by atoms with Crippen LogP contribution in [0.3, 0.4) is 0 Å². The summed E-state index contributed by atoms with van der Waals surface area (Å²) < 4.78 is 16.9. The maximum absolute atomic E-state index is 12.9. The summed E-state index contributed by atoms with van der Waals surface area (Å²) in [6.07, 6.45) is 55.2. The van der Waals surface area contributed by atoms with Crippen LogP contribution in [-0.2, 0) is 28.6 Å². The molecular weight excluding hydrogens is 829 g/mol. The number of unbranched alkanes of at least 4 members (excludes halogenated alkanes) is 36. The molecule has 0 aliphatic rings. The van der Waals surface area contributed by atoms with Crippen LogP contribution in [0.15, 0.2) is 0 Å². The van der Waals surface area contributed by atoms with Crippen LogP contribution in [0.4, 0.5) is 0 Å². The summed E-state index contributed by atoms with van der Waals surface area (Å²) in [7, 11) is 0. The molecule has 0 aromatic heterocycles. The summed E-state index contributed by atoms with van der Waals surface area (Å²) in [6, 6.07) is 0. The predicted molar refractivity (Wildman–Crippen MR) is 289 cm³/mol. The van der Waals surface area contributed by atoms with Crippen LogP contribution in [0.5, 0.6) is 0 Å². The SMILES string of the molecule is CCC(C)CCCCCCCCCCC(=O)OC[C@@H](COC(=O)CCCCCCCCCCCCCCCCCC(C)C)OC(=O)CCCCCCCCCCCCCCCCCCC(C)C. The van der Waals surface area contributed by atoms with Crippen LogP contribution in [0.1, 0.15) is 337 Å². The average Bonchev–Trinajstić information content (AvgIpc) is 3.30. The Morgan fingerprint density at radius 2 is 0.522 bits per heavy atom. The number of carbonyl (C=O) groups is 3. The van der Waals surface area contributed by atoms with Crippen molar-refractivity contribution in [2.75, 3.05) is 13.2 Å². The van der Waals surface area contributed by atoms with Crippen LogP contribution < -0.4 is 0 Å². The summed E-state index contributed by atoms with van der Waals surface area (Å²) in [6.45, 7) is 13.8. The molecule has 0 bridgehead atoms. The maximum Gasteiger partial charge on any atom is 0.306 e. The number of hydrogen-bond acceptors (Lipinski definition) is 6. The van der Waals surface area contributed by atoms with E-state index in [1.807, 2.05) is 0 Å². The van der Waals surface area contributed by atoms with Gasteiger partial charge in [-0.3, -0.25) is 14.4 Å². The highest BCUT2D eigenvalue weighted by Crippen LogP contribution is 2.19. The van der Waals surface area contributed by atoms with Gasteiger partial charge in [-0.2, -0.15) is 0 Å². The molecule has 0 saturated carbocycles. The van der Waals surface area contributed by atoms with Crippen molar-refractivity contribution in [2.24, 2.45) is 17.8 Å². The molecule has 0 heterocycles. The zero-order valence-corrected chi connectivity index (χ0v) is 46.2. The predicted octanol–water partition coefficient (Wildman–Crippen LogP) is 19.9. The molecule has 0 aromatic carbocycles. The van der Waals surface area contributed by atoms with E-state index in [1.54, 1.807) is 0 Å². The Balaban J connectivity index is 4.27. The zero-order chi connectivity index (χ0) is 49.1. The molecule has 398 valence electrons. The fourth-order valence-corrected chi connectivity index (χ4v) is 9.32. The Hall–Kier alpha value is -1.59. The first-order valence-electron chi connectivity index (χ1n) is 30.1. The Kier molecular flexibility index (Phi) is 51.0. The van der Waals surface area contributed by atoms with Gasteiger partial charge in [-0.05, 0) is 37.0 Å². The molecule has 0 amide bonds. The maximum atomic E-state index is 12.9. The summed E-state index contributed by atoms with van der Waals surface area (Å²) in [5.74, 6) is 1.71. The highest BCUT2D eigenvalue weighted by molar-refractivity contribution is 5.71. The van der Waals surface area contributed by atoms with Crippen molar-refractivity contribution < 1.29 is 28.6 Å². The van der Waals surface area contributed by atoms with Crippen molar-refractivity contribution >= 4 is 17.9 Å². The number of hydrogen-bond donors (Lipinski definition) is 0. The van der Waals surface area contributed by atoms with Gasteiger partial charge in [0.25, 0.3) is 0 Å². The van der Waals surface area contributed by atoms with E-state index in [-0.39, 0.29) is 31.1 Å². The van der Waals surface area contributed by atoms with Crippen LogP contribution in [0.25, 0.3) is 0 Å². The van der Waals surface area contributed by atoms with Crippen LogP contribution in [-0.4, -0.2) is 37.2 Å². The molecule has 0 radical (unpaired) electrons. The average molecular weight is 948 g/mol. The van der Waals surface area contributed by atoms with Gasteiger partial charge in [0.1, 0.15) is 13.2 Å². The summed E-state index contributed by atoms with van der Waals surface area (Å²) in [5, 5.41) is 0. The smallest absolute Gasteiger partial charge is 0.306 e. The normalized spacial score (nSPS) is 12.5. The first-order chi connectivity index (χ1) is 32.6. The van der Waals surface area contributed by atoms with Gasteiger partial charge in [0.05, 0.1) is 0 Å². The minimum atomic E-state index is -0.764. The molecule has 67 heavy (non-hydrogen) atoms. The highest BCUT2D eigenvalue weighted by Gasteiger charge is 2.19. The second-order valence-electron chi connectivity index (χ2n) is 22.2. The number of ether oxygens (including phenoxy) is 3. The van der Waals surface area contributed by atoms with Crippen molar-refractivity contribution in [1.29, 1.82) is 0 Å². The summed E-state index contributed by atoms with van der Waals surface area (Å²) in [4.78, 5) is 38.2. The lowest BCUT2D eigenvalue weighted by molar-refractivity contribution is -0.167. The lowest BCUT2D eigenvalue weighted by Gasteiger charge is -2.18. The third kappa shape index (κ3) is 53.6. The Morgan fingerprint density at radius 1 is 0.299 bits per heavy atom. The fourth-order valence-electron chi connectivity index (χ4n) is 9.32. The van der Waals surface area contributed by atoms with Gasteiger partial charge in [0, 0.05) is 19.3 Å². The molecule has 2 atom stereocenters. The largest absolute Gasteiger partial charge is 0.462 e. The van der Waals surface area contributed by atoms with E-state index in [1.165, 1.54) is 218 Å². The van der Waals surface area contributed by atoms with Gasteiger partial charge in [0.2, 0.25) is 0 Å². The van der Waals surface area contributed by atoms with E-state index in [9.17, 15) is 14.4 Å². The Bertz CT molecular complexity index is 1040. The van der Waals surface area contributed by atoms with E-state index in [0.29, 0.717) is 19.3 Å². The molecule has 6 nitrogen and oxygen atoms in total. The molecular formula is C61H118O6. The molecule has 0 saturated heterocycles. The Labute approximate surface area is 418 Å². The third-order valence-electron chi connectivity index (χ3n) is 14.3. The topological polar surface area (TPSA) is 78.9 Å². The van der Waals surface area contributed by atoms with E-state index in [2.05, 4.69) is 41.5 Å². The van der Waals surface area contributed by atoms with Crippen molar-refractivity contribution in [3.63, 3.8) is 0 Å². The highest BCUT2D eigenvalue weighted by atomic mass is 16.6. The number of rotatable bonds is 54. The molecule has 0 rings (SSSR count). The molecule has 0 aliphatic heterocycles. The van der Waals surface area contributed by atoms with Crippen molar-refractivity contribution in [3.8, 4) is 0 Å². The minimum absolute atomic E-state index is 0.0634. The van der Waals surface area contributed by atoms with Crippen LogP contribution >= 0.6 is 0 Å². The van der Waals surface area contributed by atoms with Crippen molar-refractivity contribution in [2.45, 2.75) is 343 Å². The van der Waals surface area contributed by atoms with Gasteiger partial charge in [-0.25, -0.2) is 0 Å². The van der Waals surface area contributed by atoms with Crippen molar-refractivity contribution in [1.82, 2.24) is 0 Å². The van der Waals surface area contributed by atoms with E-state index < -0.39 is 6.10 Å². The van der Waals surface area contributed by atoms with E-state index >= 15 is 0 Å². The van der Waals surface area contributed by atoms with Gasteiger partial charge in [-0.15, -0.1) is 0 Å². The van der Waals surface area contributed by atoms with E-state index in [4.69, 9.17) is 14.2 Å². The molecule has 0 aliphatic carbocycles. The van der Waals surface area contributed by atoms with Crippen LogP contribution in [0.2, 0.25) is 0 Å². The van der Waals surface area contributed by atoms with Crippen LogP contribution in [0, 0.1) is 17.8 Å². The van der Waals surface area contributed by atoms with E-state index in [0.717, 1.165) is 75.5 Å². The molecule has 0 spiro atoms. The van der Waals surface area contributed by atoms with Gasteiger partial charge >= 0.3 is 17.9 Å². The summed E-state index contributed by atoms with van der Waals surface area (Å²) >= 11 is 0. The lowest BCUT2D eigenvalue weighted by Crippen LogP contribution is -2.30. The quantitative estimate of drug-likeness (QED) is 0.0343. The standard InChI is InChI=1S/C61H118O6/c1-7-57(6)49-43-37-31-27-28-33-39-45-51-60(63)66-54-58(53-65-59(62)50-44-38-32-25-21-17-14-10-12-16-20-24-30-36-42-48-56(4)5)67-61(64)52-46-40-34-26-22-18-13-9-8-11-15-19-23-29-35-41-47-55(2)3/h55-58H,7-54H2,1-6H3/t57?,58-/m1/s1. The molecule has 0 aromatic rings. The lowest BCUT2D eigenvalue weighted by atomic mass is 9.99. The molecule has 0 fully saturated rings. The number of carbonyl (C=O) groups excluding carboxylic acids is 3. The first-order valence-corrected chi connectivity index (χ1v) is 30.1. The summed E-state index contributed by atoms with van der Waals surface area (Å²) in [5.41, 5.74) is 0. The first kappa shape index (κ1) is 65.4. The van der Waals surface area contributed by atoms with Crippen molar-refractivity contribution in [3.05, 3.63) is 0 Å². The number of esters is 3. The third-order valence-corrected chi connectivity index (χ3v) is 14.3. The molecule has 1 unspecified atom stereocenters.